The zero-order valence-corrected chi connectivity index (χ0v) is 10.3. The van der Waals surface area contributed by atoms with Crippen LogP contribution in [0.5, 0.6) is 0 Å². The largest absolute Gasteiger partial charge is 0.266 e. The van der Waals surface area contributed by atoms with Crippen LogP contribution in [0.15, 0.2) is 73.1 Å². The molecule has 0 atom stereocenters. The van der Waals surface area contributed by atoms with E-state index >= 15 is 0 Å². The molecule has 0 fully saturated rings. The first-order valence-corrected chi connectivity index (χ1v) is 6.11. The van der Waals surface area contributed by atoms with E-state index in [0.29, 0.717) is 0 Å². The summed E-state index contributed by atoms with van der Waals surface area (Å²) in [5.74, 6) is 0. The number of nitrogens with zero attached hydrogens (tertiary/aromatic N) is 2. The minimum absolute atomic E-state index is 1.31. The minimum atomic E-state index is 1.31. The highest BCUT2D eigenvalue weighted by atomic mass is 15.3. The number of H-pyrrole nitrogens is 1. The lowest BCUT2D eigenvalue weighted by Gasteiger charge is -2.00. The van der Waals surface area contributed by atoms with Gasteiger partial charge in [-0.15, -0.1) is 5.10 Å². The fourth-order valence-electron chi connectivity index (χ4n) is 2.05. The molecule has 0 aliphatic heterocycles. The molecule has 0 radical (unpaired) electrons. The van der Waals surface area contributed by atoms with Gasteiger partial charge in [-0.05, 0) is 33.7 Å². The molecule has 3 aromatic carbocycles. The van der Waals surface area contributed by atoms with Crippen molar-refractivity contribution in [3.05, 3.63) is 73.1 Å². The predicted octanol–water partition coefficient (Wildman–Crippen LogP) is 3.80. The molecule has 3 heteroatoms. The van der Waals surface area contributed by atoms with Crippen molar-refractivity contribution in [2.75, 3.05) is 0 Å². The van der Waals surface area contributed by atoms with E-state index < -0.39 is 0 Å². The van der Waals surface area contributed by atoms with Crippen molar-refractivity contribution in [2.45, 2.75) is 0 Å². The van der Waals surface area contributed by atoms with E-state index in [1.807, 2.05) is 0 Å². The summed E-state index contributed by atoms with van der Waals surface area (Å²) in [7, 11) is 0. The smallest absolute Gasteiger partial charge is 0.0690 e. The molecule has 0 spiro atoms. The van der Waals surface area contributed by atoms with Crippen molar-refractivity contribution >= 4 is 21.5 Å². The molecule has 1 aromatic heterocycles. The minimum Gasteiger partial charge on any atom is -0.266 e. The van der Waals surface area contributed by atoms with Gasteiger partial charge in [-0.2, -0.15) is 0 Å². The maximum absolute atomic E-state index is 3.42. The van der Waals surface area contributed by atoms with E-state index in [2.05, 4.69) is 76.1 Å². The molecule has 0 saturated heterocycles. The Hall–Kier alpha value is -2.68. The lowest BCUT2D eigenvalue weighted by atomic mass is 10.0. The fraction of sp³-hybridized carbons (Fsp3) is 0. The van der Waals surface area contributed by atoms with Crippen molar-refractivity contribution in [3.63, 3.8) is 0 Å². The van der Waals surface area contributed by atoms with E-state index in [0.717, 1.165) is 0 Å². The van der Waals surface area contributed by atoms with Crippen LogP contribution in [0.25, 0.3) is 21.5 Å². The first kappa shape index (κ1) is 11.4. The van der Waals surface area contributed by atoms with Gasteiger partial charge in [0.25, 0.3) is 0 Å². The number of nitrogens with one attached hydrogen (secondary N) is 1. The maximum Gasteiger partial charge on any atom is 0.0690 e. The van der Waals surface area contributed by atoms with E-state index in [1.165, 1.54) is 21.5 Å². The van der Waals surface area contributed by atoms with Crippen LogP contribution in [0.4, 0.5) is 0 Å². The molecule has 4 aromatic rings. The molecule has 0 unspecified atom stereocenters. The molecule has 1 N–H and O–H groups in total. The summed E-state index contributed by atoms with van der Waals surface area (Å²) in [6.45, 7) is 0. The Labute approximate surface area is 110 Å². The Bertz CT molecular complexity index is 654. The molecule has 92 valence electrons. The van der Waals surface area contributed by atoms with Gasteiger partial charge in [0.1, 0.15) is 0 Å². The molecule has 0 bridgehead atoms. The lowest BCUT2D eigenvalue weighted by Crippen LogP contribution is -1.74. The average molecular weight is 247 g/mol. The van der Waals surface area contributed by atoms with Gasteiger partial charge in [-0.3, -0.25) is 5.10 Å². The van der Waals surface area contributed by atoms with Crippen LogP contribution in [0.3, 0.4) is 0 Å². The Balaban J connectivity index is 0.000000187. The van der Waals surface area contributed by atoms with Gasteiger partial charge in [0.05, 0.1) is 6.20 Å². The average Bonchev–Trinajstić information content (AvgIpc) is 3.04. The maximum atomic E-state index is 3.42. The molecule has 0 amide bonds. The third kappa shape index (κ3) is 2.60. The molecule has 3 nitrogen and oxygen atoms in total. The van der Waals surface area contributed by atoms with E-state index in [9.17, 15) is 0 Å². The van der Waals surface area contributed by atoms with E-state index in [1.54, 1.807) is 12.4 Å². The predicted molar refractivity (Wildman–Crippen MR) is 77.8 cm³/mol. The number of hydrogen-bond donors (Lipinski definition) is 1. The van der Waals surface area contributed by atoms with Crippen LogP contribution in [0.2, 0.25) is 0 Å². The van der Waals surface area contributed by atoms with Gasteiger partial charge in [0, 0.05) is 6.20 Å². The van der Waals surface area contributed by atoms with Gasteiger partial charge >= 0.3 is 0 Å². The third-order valence-electron chi connectivity index (χ3n) is 2.95. The van der Waals surface area contributed by atoms with Crippen LogP contribution < -0.4 is 0 Å². The summed E-state index contributed by atoms with van der Waals surface area (Å²) in [4.78, 5) is 0. The fourth-order valence-corrected chi connectivity index (χ4v) is 2.05. The second-order valence-electron chi connectivity index (χ2n) is 4.21. The Morgan fingerprint density at radius 1 is 0.684 bits per heavy atom. The van der Waals surface area contributed by atoms with Crippen LogP contribution in [0, 0.1) is 0 Å². The molecule has 0 aliphatic rings. The first-order valence-electron chi connectivity index (χ1n) is 6.11. The number of fused-ring (bicyclic) bond motifs is 2. The Morgan fingerprint density at radius 3 is 1.42 bits per heavy atom. The molecule has 19 heavy (non-hydrogen) atoms. The monoisotopic (exact) mass is 247 g/mol. The zero-order chi connectivity index (χ0) is 12.9. The first-order chi connectivity index (χ1) is 9.43. The highest BCUT2D eigenvalue weighted by molar-refractivity contribution is 5.98. The molecule has 1 heterocycles. The van der Waals surface area contributed by atoms with E-state index in [-0.39, 0.29) is 0 Å². The second-order valence-corrected chi connectivity index (χ2v) is 4.21. The van der Waals surface area contributed by atoms with Crippen molar-refractivity contribution in [1.29, 1.82) is 0 Å². The van der Waals surface area contributed by atoms with Crippen molar-refractivity contribution < 1.29 is 0 Å². The van der Waals surface area contributed by atoms with Gasteiger partial charge < -0.3 is 0 Å². The number of aromatic amines is 1. The molecule has 4 rings (SSSR count). The van der Waals surface area contributed by atoms with Gasteiger partial charge in [0.2, 0.25) is 0 Å². The normalized spacial score (nSPS) is 10.1. The van der Waals surface area contributed by atoms with Crippen molar-refractivity contribution in [3.8, 4) is 0 Å². The summed E-state index contributed by atoms with van der Waals surface area (Å²) in [5, 5.41) is 14.5. The number of benzene rings is 3. The summed E-state index contributed by atoms with van der Waals surface area (Å²) >= 11 is 0. The van der Waals surface area contributed by atoms with Gasteiger partial charge in [0.15, 0.2) is 0 Å². The van der Waals surface area contributed by atoms with Crippen LogP contribution in [-0.2, 0) is 0 Å². The highest BCUT2D eigenvalue weighted by Gasteiger charge is 1.95. The van der Waals surface area contributed by atoms with Crippen molar-refractivity contribution in [2.24, 2.45) is 0 Å². The Morgan fingerprint density at radius 2 is 1.16 bits per heavy atom. The summed E-state index contributed by atoms with van der Waals surface area (Å²) in [6, 6.07) is 21.4. The van der Waals surface area contributed by atoms with Crippen molar-refractivity contribution in [1.82, 2.24) is 15.4 Å². The van der Waals surface area contributed by atoms with Crippen LogP contribution in [0.1, 0.15) is 0 Å². The highest BCUT2D eigenvalue weighted by Crippen LogP contribution is 2.21. The number of hydrogen-bond acceptors (Lipinski definition) is 2. The second kappa shape index (κ2) is 5.31. The zero-order valence-electron chi connectivity index (χ0n) is 10.3. The summed E-state index contributed by atoms with van der Waals surface area (Å²) in [6.07, 6.45) is 3.24. The molecular formula is C16H13N3. The SMILES string of the molecule is c1c[nH]nn1.c1ccc2cc3ccccc3cc2c1. The van der Waals surface area contributed by atoms with Crippen LogP contribution in [-0.4, -0.2) is 15.4 Å². The summed E-state index contributed by atoms with van der Waals surface area (Å²) in [5.41, 5.74) is 0. The van der Waals surface area contributed by atoms with Gasteiger partial charge in [-0.1, -0.05) is 53.7 Å². The van der Waals surface area contributed by atoms with Crippen LogP contribution >= 0.6 is 0 Å². The number of aromatic nitrogens is 3. The number of rotatable bonds is 0. The Kier molecular flexibility index (Phi) is 3.19. The topological polar surface area (TPSA) is 41.6 Å². The molecule has 0 aliphatic carbocycles. The molecule has 0 saturated carbocycles. The quantitative estimate of drug-likeness (QED) is 0.480. The van der Waals surface area contributed by atoms with E-state index in [4.69, 9.17) is 0 Å². The lowest BCUT2D eigenvalue weighted by molar-refractivity contribution is 0.940. The van der Waals surface area contributed by atoms with Gasteiger partial charge in [-0.25, -0.2) is 0 Å². The molecular weight excluding hydrogens is 234 g/mol. The standard InChI is InChI=1S/C14H10.C2H3N3/c1-2-6-12-10-14-8-4-3-7-13(14)9-11(12)5-1;1-2-4-5-3-1/h1-10H;1-2H,(H,3,4,5). The third-order valence-corrected chi connectivity index (χ3v) is 2.95. The summed E-state index contributed by atoms with van der Waals surface area (Å²) < 4.78 is 0.